The summed E-state index contributed by atoms with van der Waals surface area (Å²) in [6.07, 6.45) is 14.5. The van der Waals surface area contributed by atoms with E-state index >= 15 is 0 Å². The molecule has 1 saturated heterocycles. The van der Waals surface area contributed by atoms with Gasteiger partial charge in [0.25, 0.3) is 0 Å². The quantitative estimate of drug-likeness (QED) is 0.194. The first-order chi connectivity index (χ1) is 22.2. The average molecular weight is 639 g/mol. The van der Waals surface area contributed by atoms with Crippen molar-refractivity contribution in [2.75, 3.05) is 13.2 Å². The zero-order valence-corrected chi connectivity index (χ0v) is 28.1. The van der Waals surface area contributed by atoms with Gasteiger partial charge in [-0.15, -0.1) is 5.10 Å². The number of fused-ring (bicyclic) bond motifs is 2. The predicted molar refractivity (Wildman–Crippen MR) is 177 cm³/mol. The number of imidazole rings is 1. The van der Waals surface area contributed by atoms with Crippen molar-refractivity contribution in [3.63, 3.8) is 0 Å². The average Bonchev–Trinajstić information content (AvgIpc) is 3.75. The van der Waals surface area contributed by atoms with E-state index in [0.29, 0.717) is 28.5 Å². The highest BCUT2D eigenvalue weighted by Crippen LogP contribution is 2.31. The fraction of sp³-hybridized carbons (Fsp3) is 0.500. The summed E-state index contributed by atoms with van der Waals surface area (Å²) in [6, 6.07) is 8.49. The van der Waals surface area contributed by atoms with Gasteiger partial charge in [-0.3, -0.25) is 0 Å². The Morgan fingerprint density at radius 3 is 2.72 bits per heavy atom. The van der Waals surface area contributed by atoms with E-state index in [2.05, 4.69) is 35.2 Å². The van der Waals surface area contributed by atoms with E-state index in [9.17, 15) is 4.79 Å². The van der Waals surface area contributed by atoms with E-state index < -0.39 is 5.60 Å². The van der Waals surface area contributed by atoms with Crippen LogP contribution in [0.2, 0.25) is 6.55 Å². The molecule has 4 aromatic heterocycles. The lowest BCUT2D eigenvalue weighted by Gasteiger charge is -2.33. The third-order valence-electron chi connectivity index (χ3n) is 8.86. The molecule has 1 aliphatic carbocycles. The van der Waals surface area contributed by atoms with Gasteiger partial charge in [0.15, 0.2) is 6.23 Å². The van der Waals surface area contributed by atoms with E-state index in [-0.39, 0.29) is 12.3 Å². The number of benzene rings is 1. The number of rotatable bonds is 9. The smallest absolute Gasteiger partial charge is 0.410 e. The van der Waals surface area contributed by atoms with E-state index in [4.69, 9.17) is 19.6 Å². The summed E-state index contributed by atoms with van der Waals surface area (Å²) >= 11 is 0. The SMILES string of the molecule is C[Si]c1cc(-c2cn(Cc3cn4cc(CN(CC5CCC5)C(=O)OC(C)(C)C)ccc4n3)nn2)c2cnn(C3CCCCO3)c2c1. The molecule has 1 atom stereocenters. The normalized spacial score (nSPS) is 17.4. The summed E-state index contributed by atoms with van der Waals surface area (Å²) in [5.41, 5.74) is 5.15. The van der Waals surface area contributed by atoms with Crippen LogP contribution in [0.4, 0.5) is 4.79 Å². The minimum absolute atomic E-state index is 0.0242. The molecule has 2 aliphatic rings. The molecule has 1 aliphatic heterocycles. The van der Waals surface area contributed by atoms with Crippen LogP contribution in [0.1, 0.15) is 76.8 Å². The van der Waals surface area contributed by atoms with E-state index in [0.717, 1.165) is 71.5 Å². The monoisotopic (exact) mass is 638 g/mol. The van der Waals surface area contributed by atoms with Crippen LogP contribution in [0.5, 0.6) is 0 Å². The molecule has 2 fully saturated rings. The molecule has 1 aromatic carbocycles. The van der Waals surface area contributed by atoms with Crippen LogP contribution in [-0.4, -0.2) is 73.4 Å². The Hall–Kier alpha value is -4.03. The number of nitrogens with zero attached hydrogens (tertiary/aromatic N) is 8. The molecule has 0 bridgehead atoms. The molecular formula is C34H42N8O3Si. The number of carbonyl (C=O) groups is 1. The molecular weight excluding hydrogens is 597 g/mol. The molecule has 1 unspecified atom stereocenters. The van der Waals surface area contributed by atoms with Crippen molar-refractivity contribution in [2.45, 2.75) is 90.8 Å². The lowest BCUT2D eigenvalue weighted by molar-refractivity contribution is -0.0366. The third-order valence-corrected chi connectivity index (χ3v) is 9.73. The highest BCUT2D eigenvalue weighted by atomic mass is 28.2. The van der Waals surface area contributed by atoms with Crippen LogP contribution in [0.3, 0.4) is 0 Å². The van der Waals surface area contributed by atoms with E-state index in [1.807, 2.05) is 70.2 Å². The van der Waals surface area contributed by atoms with Gasteiger partial charge in [-0.2, -0.15) is 5.10 Å². The molecule has 5 aromatic rings. The molecule has 46 heavy (non-hydrogen) atoms. The molecule has 7 rings (SSSR count). The van der Waals surface area contributed by atoms with E-state index in [1.54, 1.807) is 0 Å². The zero-order chi connectivity index (χ0) is 31.8. The molecule has 5 heterocycles. The van der Waals surface area contributed by atoms with Crippen molar-refractivity contribution in [1.82, 2.24) is 39.1 Å². The van der Waals surface area contributed by atoms with Gasteiger partial charge in [0.2, 0.25) is 0 Å². The van der Waals surface area contributed by atoms with Crippen molar-refractivity contribution < 1.29 is 14.3 Å². The maximum absolute atomic E-state index is 13.1. The number of hydrogen-bond donors (Lipinski definition) is 0. The maximum atomic E-state index is 13.1. The lowest BCUT2D eigenvalue weighted by Crippen LogP contribution is -2.40. The number of amides is 1. The number of hydrogen-bond acceptors (Lipinski definition) is 7. The summed E-state index contributed by atoms with van der Waals surface area (Å²) in [4.78, 5) is 19.7. The number of pyridine rings is 1. The highest BCUT2D eigenvalue weighted by molar-refractivity contribution is 6.52. The van der Waals surface area contributed by atoms with Gasteiger partial charge in [-0.1, -0.05) is 35.5 Å². The Bertz CT molecular complexity index is 1840. The zero-order valence-electron chi connectivity index (χ0n) is 27.1. The summed E-state index contributed by atoms with van der Waals surface area (Å²) in [5, 5.41) is 16.1. The maximum Gasteiger partial charge on any atom is 0.410 e. The van der Waals surface area contributed by atoms with Gasteiger partial charge >= 0.3 is 6.09 Å². The standard InChI is InChI=1S/C34H42N8O3Si/c1-34(2,3)45-33(43)40(17-23-8-7-9-23)19-24-11-12-31-36-25(20-39(31)18-24)21-41-22-29(37-38-41)27-14-26(46-4)15-30-28(27)16-35-42(30)32-10-5-6-13-44-32/h11-12,14-16,18,20,22-23,32H,5-10,13,17,19,21H2,1-4H3. The predicted octanol–water partition coefficient (Wildman–Crippen LogP) is 5.60. The first-order valence-electron chi connectivity index (χ1n) is 16.4. The Kier molecular flexibility index (Phi) is 8.41. The fourth-order valence-corrected chi connectivity index (χ4v) is 6.88. The van der Waals surface area contributed by atoms with Gasteiger partial charge in [0, 0.05) is 36.5 Å². The molecule has 1 saturated carbocycles. The fourth-order valence-electron chi connectivity index (χ4n) is 6.31. The second-order valence-corrected chi connectivity index (χ2v) is 14.7. The summed E-state index contributed by atoms with van der Waals surface area (Å²) in [6.45, 7) is 10.4. The topological polar surface area (TPSA) is 105 Å². The van der Waals surface area contributed by atoms with Crippen molar-refractivity contribution in [1.29, 1.82) is 0 Å². The largest absolute Gasteiger partial charge is 0.444 e. The second kappa shape index (κ2) is 12.6. The van der Waals surface area contributed by atoms with Crippen LogP contribution < -0.4 is 5.19 Å². The highest BCUT2D eigenvalue weighted by Gasteiger charge is 2.28. The minimum atomic E-state index is -0.531. The van der Waals surface area contributed by atoms with Crippen LogP contribution in [0.15, 0.2) is 49.1 Å². The van der Waals surface area contributed by atoms with Crippen molar-refractivity contribution in [3.8, 4) is 11.3 Å². The first-order valence-corrected chi connectivity index (χ1v) is 17.9. The van der Waals surface area contributed by atoms with Crippen LogP contribution in [0.25, 0.3) is 27.8 Å². The summed E-state index contributed by atoms with van der Waals surface area (Å²) in [5.74, 6) is 0.548. The molecule has 0 N–H and O–H groups in total. The third kappa shape index (κ3) is 6.59. The van der Waals surface area contributed by atoms with Crippen molar-refractivity contribution >= 4 is 37.3 Å². The van der Waals surface area contributed by atoms with Gasteiger partial charge in [0.1, 0.15) is 16.9 Å². The minimum Gasteiger partial charge on any atom is -0.444 e. The van der Waals surface area contributed by atoms with Gasteiger partial charge < -0.3 is 18.8 Å². The van der Waals surface area contributed by atoms with Gasteiger partial charge in [-0.25, -0.2) is 19.1 Å². The number of carbonyl (C=O) groups excluding carboxylic acids is 1. The molecule has 11 nitrogen and oxygen atoms in total. The number of ether oxygens (including phenoxy) is 2. The van der Waals surface area contributed by atoms with Crippen molar-refractivity contribution in [3.05, 3.63) is 60.3 Å². The summed E-state index contributed by atoms with van der Waals surface area (Å²) in [7, 11) is 0.647. The Balaban J connectivity index is 1.10. The Morgan fingerprint density at radius 1 is 1.11 bits per heavy atom. The Morgan fingerprint density at radius 2 is 1.98 bits per heavy atom. The lowest BCUT2D eigenvalue weighted by atomic mass is 9.85. The molecule has 1 amide bonds. The van der Waals surface area contributed by atoms with Crippen LogP contribution >= 0.6 is 0 Å². The Labute approximate surface area is 271 Å². The van der Waals surface area contributed by atoms with Crippen molar-refractivity contribution in [2.24, 2.45) is 5.92 Å². The van der Waals surface area contributed by atoms with E-state index in [1.165, 1.54) is 24.4 Å². The van der Waals surface area contributed by atoms with Crippen LogP contribution in [0, 0.1) is 5.92 Å². The van der Waals surface area contributed by atoms with Crippen LogP contribution in [-0.2, 0) is 22.6 Å². The first kappa shape index (κ1) is 30.6. The molecule has 240 valence electrons. The molecule has 2 radical (unpaired) electrons. The van der Waals surface area contributed by atoms with Gasteiger partial charge in [0.05, 0.1) is 46.2 Å². The molecule has 12 heteroatoms. The number of aromatic nitrogens is 7. The summed E-state index contributed by atoms with van der Waals surface area (Å²) < 4.78 is 17.7. The second-order valence-electron chi connectivity index (χ2n) is 13.6. The molecule has 0 spiro atoms. The van der Waals surface area contributed by atoms with Gasteiger partial charge in [-0.05, 0) is 76.5 Å².